The molecule has 30 heavy (non-hydrogen) atoms. The molecule has 6 heteroatoms. The third-order valence-electron chi connectivity index (χ3n) is 6.03. The number of nitrogens with one attached hydrogen (secondary N) is 1. The smallest absolute Gasteiger partial charge is 0.253 e. The van der Waals surface area contributed by atoms with Gasteiger partial charge in [0.25, 0.3) is 5.91 Å². The lowest BCUT2D eigenvalue weighted by atomic mass is 9.86. The van der Waals surface area contributed by atoms with Crippen molar-refractivity contribution in [2.24, 2.45) is 0 Å². The number of carbonyl (C=O) groups is 1. The zero-order chi connectivity index (χ0) is 20.5. The summed E-state index contributed by atoms with van der Waals surface area (Å²) in [5.74, 6) is 1.05. The molecule has 0 bridgehead atoms. The molecular formula is C24H23BrN2O3. The van der Waals surface area contributed by atoms with Gasteiger partial charge >= 0.3 is 0 Å². The van der Waals surface area contributed by atoms with Gasteiger partial charge in [0.1, 0.15) is 5.75 Å². The summed E-state index contributed by atoms with van der Waals surface area (Å²) in [5.41, 5.74) is 3.67. The van der Waals surface area contributed by atoms with Crippen LogP contribution in [0.5, 0.6) is 5.75 Å². The molecule has 154 valence electrons. The number of fused-ring (bicyclic) bond motifs is 2. The fourth-order valence-electron chi connectivity index (χ4n) is 4.54. The van der Waals surface area contributed by atoms with E-state index in [1.807, 2.05) is 36.4 Å². The fourth-order valence-corrected chi connectivity index (χ4v) is 5.01. The van der Waals surface area contributed by atoms with Gasteiger partial charge in [-0.1, -0.05) is 30.3 Å². The highest BCUT2D eigenvalue weighted by Gasteiger charge is 2.28. The van der Waals surface area contributed by atoms with E-state index in [4.69, 9.17) is 9.47 Å². The summed E-state index contributed by atoms with van der Waals surface area (Å²) >= 11 is 3.61. The Morgan fingerprint density at radius 3 is 2.73 bits per heavy atom. The van der Waals surface area contributed by atoms with Crippen molar-refractivity contribution in [3.63, 3.8) is 0 Å². The summed E-state index contributed by atoms with van der Waals surface area (Å²) < 4.78 is 12.3. The van der Waals surface area contributed by atoms with Crippen LogP contribution >= 0.6 is 15.9 Å². The molecule has 1 aromatic heterocycles. The first-order chi connectivity index (χ1) is 14.7. The van der Waals surface area contributed by atoms with Gasteiger partial charge in [0.05, 0.1) is 23.7 Å². The lowest BCUT2D eigenvalue weighted by Crippen LogP contribution is -2.33. The molecule has 5 rings (SSSR count). The number of benzene rings is 2. The number of pyridine rings is 1. The average Bonchev–Trinajstić information content (AvgIpc) is 2.79. The molecule has 2 aliphatic rings. The standard InChI is InChI=1S/C24H23BrN2O3/c25-19-6-3-5-17-22(15-8-11-29-12-9-15)18(14-26-23(17)19)24(28)27-20-10-13-30-21-7-2-1-4-16(20)21/h1-7,14-15,20H,8-13H2,(H,27,28)/t20-/m0/s1. The van der Waals surface area contributed by atoms with E-state index >= 15 is 0 Å². The van der Waals surface area contributed by atoms with Crippen molar-refractivity contribution in [1.29, 1.82) is 0 Å². The molecule has 0 spiro atoms. The number of aromatic nitrogens is 1. The number of para-hydroxylation sites is 2. The Kier molecular flexibility index (Phi) is 5.44. The molecule has 3 heterocycles. The van der Waals surface area contributed by atoms with Gasteiger partial charge in [0.15, 0.2) is 0 Å². The highest BCUT2D eigenvalue weighted by molar-refractivity contribution is 9.10. The minimum absolute atomic E-state index is 0.0665. The second-order valence-electron chi connectivity index (χ2n) is 7.81. The Bertz CT molecular complexity index is 1100. The molecule has 1 N–H and O–H groups in total. The third kappa shape index (κ3) is 3.59. The maximum absolute atomic E-state index is 13.5. The number of nitrogens with zero attached hydrogens (tertiary/aromatic N) is 1. The van der Waals surface area contributed by atoms with Crippen molar-refractivity contribution in [3.05, 3.63) is 69.8 Å². The van der Waals surface area contributed by atoms with Crippen molar-refractivity contribution in [2.75, 3.05) is 19.8 Å². The Morgan fingerprint density at radius 2 is 1.87 bits per heavy atom. The Hall–Kier alpha value is -2.44. The summed E-state index contributed by atoms with van der Waals surface area (Å²) in [6.45, 7) is 2.03. The largest absolute Gasteiger partial charge is 0.493 e. The van der Waals surface area contributed by atoms with Gasteiger partial charge in [0.2, 0.25) is 0 Å². The van der Waals surface area contributed by atoms with Gasteiger partial charge in [-0.3, -0.25) is 9.78 Å². The van der Waals surface area contributed by atoms with Gasteiger partial charge in [-0.05, 0) is 52.4 Å². The lowest BCUT2D eigenvalue weighted by molar-refractivity contribution is 0.0840. The number of ether oxygens (including phenoxy) is 2. The van der Waals surface area contributed by atoms with Crippen LogP contribution in [-0.2, 0) is 4.74 Å². The minimum atomic E-state index is -0.0763. The summed E-state index contributed by atoms with van der Waals surface area (Å²) in [6.07, 6.45) is 4.30. The van der Waals surface area contributed by atoms with Crippen molar-refractivity contribution in [1.82, 2.24) is 10.3 Å². The van der Waals surface area contributed by atoms with E-state index < -0.39 is 0 Å². The minimum Gasteiger partial charge on any atom is -0.493 e. The third-order valence-corrected chi connectivity index (χ3v) is 6.67. The second kappa shape index (κ2) is 8.36. The predicted molar refractivity (Wildman–Crippen MR) is 119 cm³/mol. The fraction of sp³-hybridized carbons (Fsp3) is 0.333. The monoisotopic (exact) mass is 466 g/mol. The van der Waals surface area contributed by atoms with Crippen LogP contribution in [0.4, 0.5) is 0 Å². The topological polar surface area (TPSA) is 60.5 Å². The van der Waals surface area contributed by atoms with Crippen LogP contribution in [0.1, 0.15) is 52.7 Å². The van der Waals surface area contributed by atoms with E-state index in [0.29, 0.717) is 12.2 Å². The molecule has 3 aromatic rings. The van der Waals surface area contributed by atoms with Crippen molar-refractivity contribution in [2.45, 2.75) is 31.2 Å². The van der Waals surface area contributed by atoms with Crippen LogP contribution in [0.15, 0.2) is 53.1 Å². The van der Waals surface area contributed by atoms with E-state index in [1.54, 1.807) is 6.20 Å². The Balaban J connectivity index is 1.54. The number of hydrogen-bond acceptors (Lipinski definition) is 4. The molecule has 1 fully saturated rings. The highest BCUT2D eigenvalue weighted by Crippen LogP contribution is 2.37. The summed E-state index contributed by atoms with van der Waals surface area (Å²) in [4.78, 5) is 18.1. The molecule has 5 nitrogen and oxygen atoms in total. The van der Waals surface area contributed by atoms with Gasteiger partial charge in [-0.25, -0.2) is 0 Å². The Morgan fingerprint density at radius 1 is 1.03 bits per heavy atom. The summed E-state index contributed by atoms with van der Waals surface area (Å²) in [7, 11) is 0. The first-order valence-electron chi connectivity index (χ1n) is 10.4. The number of rotatable bonds is 3. The van der Waals surface area contributed by atoms with Crippen LogP contribution in [0.2, 0.25) is 0 Å². The van der Waals surface area contributed by atoms with E-state index in [0.717, 1.165) is 64.7 Å². The van der Waals surface area contributed by atoms with Crippen molar-refractivity contribution in [3.8, 4) is 5.75 Å². The van der Waals surface area contributed by atoms with E-state index in [-0.39, 0.29) is 17.9 Å². The van der Waals surface area contributed by atoms with Crippen molar-refractivity contribution < 1.29 is 14.3 Å². The Labute approximate surface area is 183 Å². The van der Waals surface area contributed by atoms with E-state index in [2.05, 4.69) is 32.3 Å². The molecule has 0 radical (unpaired) electrons. The maximum Gasteiger partial charge on any atom is 0.253 e. The molecule has 0 saturated carbocycles. The number of amides is 1. The van der Waals surface area contributed by atoms with Crippen LogP contribution in [0.3, 0.4) is 0 Å². The average molecular weight is 467 g/mol. The van der Waals surface area contributed by atoms with Gasteiger partial charge in [-0.2, -0.15) is 0 Å². The predicted octanol–water partition coefficient (Wildman–Crippen LogP) is 5.14. The quantitative estimate of drug-likeness (QED) is 0.579. The van der Waals surface area contributed by atoms with Crippen LogP contribution < -0.4 is 10.1 Å². The number of hydrogen-bond donors (Lipinski definition) is 1. The molecule has 1 atom stereocenters. The van der Waals surface area contributed by atoms with Gasteiger partial charge < -0.3 is 14.8 Å². The van der Waals surface area contributed by atoms with E-state index in [9.17, 15) is 4.79 Å². The normalized spacial score (nSPS) is 19.2. The van der Waals surface area contributed by atoms with Crippen LogP contribution in [-0.4, -0.2) is 30.7 Å². The molecular weight excluding hydrogens is 444 g/mol. The number of carbonyl (C=O) groups excluding carboxylic acids is 1. The van der Waals surface area contributed by atoms with Crippen LogP contribution in [0.25, 0.3) is 10.9 Å². The second-order valence-corrected chi connectivity index (χ2v) is 8.66. The highest BCUT2D eigenvalue weighted by atomic mass is 79.9. The zero-order valence-corrected chi connectivity index (χ0v) is 18.2. The summed E-state index contributed by atoms with van der Waals surface area (Å²) in [5, 5.41) is 4.29. The molecule has 1 saturated heterocycles. The van der Waals surface area contributed by atoms with E-state index in [1.165, 1.54) is 0 Å². The lowest BCUT2D eigenvalue weighted by Gasteiger charge is -2.28. The molecule has 2 aromatic carbocycles. The molecule has 0 aliphatic carbocycles. The summed E-state index contributed by atoms with van der Waals surface area (Å²) in [6, 6.07) is 13.9. The molecule has 1 amide bonds. The zero-order valence-electron chi connectivity index (χ0n) is 16.6. The molecule has 0 unspecified atom stereocenters. The van der Waals surface area contributed by atoms with Gasteiger partial charge in [0, 0.05) is 41.3 Å². The molecule has 2 aliphatic heterocycles. The van der Waals surface area contributed by atoms with Crippen molar-refractivity contribution >= 4 is 32.7 Å². The first-order valence-corrected chi connectivity index (χ1v) is 11.2. The van der Waals surface area contributed by atoms with Gasteiger partial charge in [-0.15, -0.1) is 0 Å². The first kappa shape index (κ1) is 19.5. The maximum atomic E-state index is 13.5. The number of halogens is 1. The SMILES string of the molecule is O=C(N[C@H]1CCOc2ccccc21)c1cnc2c(Br)cccc2c1C1CCOCC1. The van der Waals surface area contributed by atoms with Crippen LogP contribution in [0, 0.1) is 0 Å².